The molecule has 0 unspecified atom stereocenters. The molecule has 3 heterocycles. The fraction of sp³-hybridized carbons (Fsp3) is 0.381. The summed E-state index contributed by atoms with van der Waals surface area (Å²) in [6.07, 6.45) is 1.79. The summed E-state index contributed by atoms with van der Waals surface area (Å²) in [6, 6.07) is 7.90. The zero-order chi connectivity index (χ0) is 18.3. The third kappa shape index (κ3) is 2.87. The van der Waals surface area contributed by atoms with Crippen molar-refractivity contribution in [3.05, 3.63) is 53.4 Å². The van der Waals surface area contributed by atoms with Gasteiger partial charge in [-0.15, -0.1) is 0 Å². The van der Waals surface area contributed by atoms with Gasteiger partial charge in [0.2, 0.25) is 0 Å². The molecule has 1 fully saturated rings. The van der Waals surface area contributed by atoms with E-state index in [4.69, 9.17) is 9.47 Å². The molecule has 0 atom stereocenters. The summed E-state index contributed by atoms with van der Waals surface area (Å²) in [5, 5.41) is 0. The number of nitrogens with zero attached hydrogens (tertiary/aromatic N) is 2. The van der Waals surface area contributed by atoms with E-state index in [1.54, 1.807) is 0 Å². The van der Waals surface area contributed by atoms with Crippen LogP contribution in [0.4, 0.5) is 0 Å². The number of hydrogen-bond donors (Lipinski definition) is 0. The number of benzene rings is 1. The van der Waals surface area contributed by atoms with E-state index in [1.165, 1.54) is 5.57 Å². The van der Waals surface area contributed by atoms with Gasteiger partial charge >= 0.3 is 0 Å². The SMILES string of the molecule is C=C1CCN(C(=O)c2cc(C)n(-c3ccc4c(c3)OCCO4)c2C)CC1. The van der Waals surface area contributed by atoms with Gasteiger partial charge in [-0.05, 0) is 44.9 Å². The Balaban J connectivity index is 1.66. The second-order valence-electron chi connectivity index (χ2n) is 6.99. The molecule has 0 spiro atoms. The molecule has 5 nitrogen and oxygen atoms in total. The number of likely N-dealkylation sites (tertiary alicyclic amines) is 1. The molecule has 0 saturated carbocycles. The van der Waals surface area contributed by atoms with Crippen molar-refractivity contribution < 1.29 is 14.3 Å². The lowest BCUT2D eigenvalue weighted by Crippen LogP contribution is -2.36. The molecule has 2 aliphatic rings. The van der Waals surface area contributed by atoms with Gasteiger partial charge in [-0.1, -0.05) is 12.2 Å². The Morgan fingerprint density at radius 2 is 1.73 bits per heavy atom. The Kier molecular flexibility index (Phi) is 4.23. The normalized spacial score (nSPS) is 16.7. The van der Waals surface area contributed by atoms with E-state index in [1.807, 2.05) is 43.0 Å². The number of carbonyl (C=O) groups excluding carboxylic acids is 1. The number of aromatic nitrogens is 1. The summed E-state index contributed by atoms with van der Waals surface area (Å²) in [4.78, 5) is 14.9. The van der Waals surface area contributed by atoms with Crippen LogP contribution in [0.25, 0.3) is 5.69 Å². The Bertz CT molecular complexity index is 872. The Labute approximate surface area is 153 Å². The molecule has 1 aromatic heterocycles. The molecule has 0 aliphatic carbocycles. The van der Waals surface area contributed by atoms with Crippen molar-refractivity contribution in [3.63, 3.8) is 0 Å². The zero-order valence-corrected chi connectivity index (χ0v) is 15.4. The average molecular weight is 352 g/mol. The number of carbonyl (C=O) groups is 1. The molecule has 0 bridgehead atoms. The van der Waals surface area contributed by atoms with Crippen LogP contribution in [0.5, 0.6) is 11.5 Å². The number of ether oxygens (including phenoxy) is 2. The maximum Gasteiger partial charge on any atom is 0.255 e. The highest BCUT2D eigenvalue weighted by molar-refractivity contribution is 5.96. The molecule has 5 heteroatoms. The number of hydrogen-bond acceptors (Lipinski definition) is 3. The standard InChI is InChI=1S/C21H24N2O3/c1-14-6-8-22(9-7-14)21(24)18-12-15(2)23(16(18)3)17-4-5-19-20(13-17)26-11-10-25-19/h4-5,12-13H,1,6-11H2,2-3H3. The van der Waals surface area contributed by atoms with Crippen LogP contribution in [0.15, 0.2) is 36.4 Å². The summed E-state index contributed by atoms with van der Waals surface area (Å²) in [5.74, 6) is 1.63. The monoisotopic (exact) mass is 352 g/mol. The number of aryl methyl sites for hydroxylation is 1. The minimum atomic E-state index is 0.106. The van der Waals surface area contributed by atoms with Crippen LogP contribution in [-0.2, 0) is 0 Å². The maximum atomic E-state index is 13.0. The van der Waals surface area contributed by atoms with Crippen molar-refractivity contribution in [2.45, 2.75) is 26.7 Å². The summed E-state index contributed by atoms with van der Waals surface area (Å²) >= 11 is 0. The predicted molar refractivity (Wildman–Crippen MR) is 101 cm³/mol. The third-order valence-corrected chi connectivity index (χ3v) is 5.20. The lowest BCUT2D eigenvalue weighted by Gasteiger charge is -2.28. The van der Waals surface area contributed by atoms with Gasteiger partial charge in [0.1, 0.15) is 13.2 Å². The molecule has 0 N–H and O–H groups in total. The largest absolute Gasteiger partial charge is 0.486 e. The van der Waals surface area contributed by atoms with E-state index in [9.17, 15) is 4.79 Å². The van der Waals surface area contributed by atoms with Crippen molar-refractivity contribution in [1.82, 2.24) is 9.47 Å². The van der Waals surface area contributed by atoms with Crippen molar-refractivity contribution in [2.24, 2.45) is 0 Å². The first-order valence-electron chi connectivity index (χ1n) is 9.09. The Hall–Kier alpha value is -2.69. The predicted octanol–water partition coefficient (Wildman–Crippen LogP) is 3.66. The molecule has 4 rings (SSSR count). The maximum absolute atomic E-state index is 13.0. The van der Waals surface area contributed by atoms with Gasteiger partial charge in [-0.3, -0.25) is 4.79 Å². The lowest BCUT2D eigenvalue weighted by atomic mass is 10.0. The van der Waals surface area contributed by atoms with E-state index >= 15 is 0 Å². The highest BCUT2D eigenvalue weighted by Gasteiger charge is 2.24. The number of piperidine rings is 1. The van der Waals surface area contributed by atoms with Gasteiger partial charge in [0, 0.05) is 36.2 Å². The number of fused-ring (bicyclic) bond motifs is 1. The molecule has 1 amide bonds. The molecular formula is C21H24N2O3. The second kappa shape index (κ2) is 6.56. The molecule has 26 heavy (non-hydrogen) atoms. The first-order chi connectivity index (χ1) is 12.5. The van der Waals surface area contributed by atoms with E-state index in [-0.39, 0.29) is 5.91 Å². The fourth-order valence-corrected chi connectivity index (χ4v) is 3.74. The van der Waals surface area contributed by atoms with Gasteiger partial charge < -0.3 is 18.9 Å². The summed E-state index contributed by atoms with van der Waals surface area (Å²) in [7, 11) is 0. The molecule has 0 radical (unpaired) electrons. The Morgan fingerprint density at radius 3 is 2.46 bits per heavy atom. The Morgan fingerprint density at radius 1 is 1.04 bits per heavy atom. The third-order valence-electron chi connectivity index (χ3n) is 5.20. The molecule has 2 aromatic rings. The number of rotatable bonds is 2. The van der Waals surface area contributed by atoms with Gasteiger partial charge in [0.25, 0.3) is 5.91 Å². The zero-order valence-electron chi connectivity index (χ0n) is 15.4. The van der Waals surface area contributed by atoms with E-state index < -0.39 is 0 Å². The summed E-state index contributed by atoms with van der Waals surface area (Å²) < 4.78 is 13.4. The number of amides is 1. The topological polar surface area (TPSA) is 43.7 Å². The van der Waals surface area contributed by atoms with E-state index in [0.717, 1.165) is 60.1 Å². The lowest BCUT2D eigenvalue weighted by molar-refractivity contribution is 0.0743. The highest BCUT2D eigenvalue weighted by Crippen LogP contribution is 2.33. The van der Waals surface area contributed by atoms with Crippen LogP contribution in [0.1, 0.15) is 34.6 Å². The van der Waals surface area contributed by atoms with Crippen molar-refractivity contribution >= 4 is 5.91 Å². The highest BCUT2D eigenvalue weighted by atomic mass is 16.6. The van der Waals surface area contributed by atoms with Crippen LogP contribution in [0, 0.1) is 13.8 Å². The minimum absolute atomic E-state index is 0.106. The van der Waals surface area contributed by atoms with Gasteiger partial charge in [0.05, 0.1) is 5.56 Å². The summed E-state index contributed by atoms with van der Waals surface area (Å²) in [5.41, 5.74) is 4.97. The van der Waals surface area contributed by atoms with Crippen molar-refractivity contribution in [2.75, 3.05) is 26.3 Å². The first kappa shape index (κ1) is 16.8. The van der Waals surface area contributed by atoms with Crippen molar-refractivity contribution in [3.8, 4) is 17.2 Å². The van der Waals surface area contributed by atoms with E-state index in [0.29, 0.717) is 13.2 Å². The molecular weight excluding hydrogens is 328 g/mol. The average Bonchev–Trinajstić information content (AvgIpc) is 2.95. The first-order valence-corrected chi connectivity index (χ1v) is 9.09. The van der Waals surface area contributed by atoms with Crippen LogP contribution < -0.4 is 9.47 Å². The van der Waals surface area contributed by atoms with Crippen LogP contribution in [0.2, 0.25) is 0 Å². The van der Waals surface area contributed by atoms with Crippen LogP contribution in [-0.4, -0.2) is 41.7 Å². The van der Waals surface area contributed by atoms with Gasteiger partial charge in [-0.25, -0.2) is 0 Å². The summed E-state index contributed by atoms with van der Waals surface area (Å²) in [6.45, 7) is 10.7. The fourth-order valence-electron chi connectivity index (χ4n) is 3.74. The quantitative estimate of drug-likeness (QED) is 0.775. The van der Waals surface area contributed by atoms with Gasteiger partial charge in [-0.2, -0.15) is 0 Å². The smallest absolute Gasteiger partial charge is 0.255 e. The van der Waals surface area contributed by atoms with Crippen LogP contribution in [0.3, 0.4) is 0 Å². The van der Waals surface area contributed by atoms with Crippen LogP contribution >= 0.6 is 0 Å². The molecule has 136 valence electrons. The van der Waals surface area contributed by atoms with E-state index in [2.05, 4.69) is 11.1 Å². The van der Waals surface area contributed by atoms with Crippen molar-refractivity contribution in [1.29, 1.82) is 0 Å². The van der Waals surface area contributed by atoms with Gasteiger partial charge in [0.15, 0.2) is 11.5 Å². The second-order valence-corrected chi connectivity index (χ2v) is 6.99. The molecule has 2 aliphatic heterocycles. The molecule has 1 saturated heterocycles. The molecule has 1 aromatic carbocycles. The minimum Gasteiger partial charge on any atom is -0.486 e.